The molecule has 2 aliphatic rings. The third-order valence-electron chi connectivity index (χ3n) is 6.20. The molecule has 2 N–H and O–H groups in total. The van der Waals surface area contributed by atoms with E-state index in [1.165, 1.54) is 24.8 Å². The van der Waals surface area contributed by atoms with Crippen LogP contribution in [0.2, 0.25) is 0 Å². The van der Waals surface area contributed by atoms with Crippen LogP contribution in [0.15, 0.2) is 36.4 Å². The molecule has 1 aliphatic carbocycles. The van der Waals surface area contributed by atoms with E-state index in [2.05, 4.69) is 28.1 Å². The number of fused-ring (bicyclic) bond motifs is 2. The maximum atomic E-state index is 11.4. The van der Waals surface area contributed by atoms with E-state index in [4.69, 9.17) is 4.98 Å². The number of nitrogens with zero attached hydrogens (tertiary/aromatic N) is 2. The number of aromatic carboxylic acids is 1. The minimum atomic E-state index is -0.906. The molecule has 0 spiro atoms. The fourth-order valence-corrected chi connectivity index (χ4v) is 4.79. The number of anilines is 1. The van der Waals surface area contributed by atoms with Crippen molar-refractivity contribution in [3.63, 3.8) is 0 Å². The number of hydrogen-bond acceptors (Lipinski definition) is 3. The van der Waals surface area contributed by atoms with Gasteiger partial charge in [0.05, 0.1) is 22.6 Å². The first-order valence-electron chi connectivity index (χ1n) is 10.2. The molecule has 2 heterocycles. The number of aryl methyl sites for hydroxylation is 1. The molecule has 29 heavy (non-hydrogen) atoms. The van der Waals surface area contributed by atoms with Gasteiger partial charge < -0.3 is 15.0 Å². The minimum Gasteiger partial charge on any atom is -0.478 e. The number of aromatic nitrogens is 2. The van der Waals surface area contributed by atoms with Crippen LogP contribution in [0.4, 0.5) is 5.69 Å². The number of nitrogens with one attached hydrogen (secondary N) is 1. The molecule has 5 nitrogen and oxygen atoms in total. The summed E-state index contributed by atoms with van der Waals surface area (Å²) >= 11 is 0. The molecular formula is C23H24N3O2Y-. The van der Waals surface area contributed by atoms with Gasteiger partial charge in [-0.25, -0.2) is 9.78 Å². The Morgan fingerprint density at radius 3 is 2.79 bits per heavy atom. The fourth-order valence-electron chi connectivity index (χ4n) is 4.79. The zero-order valence-electron chi connectivity index (χ0n) is 16.4. The molecule has 1 saturated carbocycles. The quantitative estimate of drug-likeness (QED) is 0.528. The number of carboxylic acid groups (broad SMARTS) is 1. The van der Waals surface area contributed by atoms with Crippen LogP contribution < -0.4 is 5.32 Å². The summed E-state index contributed by atoms with van der Waals surface area (Å²) < 4.78 is 2.40. The summed E-state index contributed by atoms with van der Waals surface area (Å²) in [5.41, 5.74) is 4.59. The van der Waals surface area contributed by atoms with Crippen molar-refractivity contribution in [3.8, 4) is 0 Å². The monoisotopic (exact) mass is 463 g/mol. The topological polar surface area (TPSA) is 67.2 Å². The number of benzene rings is 2. The van der Waals surface area contributed by atoms with E-state index in [1.54, 1.807) is 12.1 Å². The average Bonchev–Trinajstić information content (AvgIpc) is 3.12. The molecule has 3 aromatic rings. The summed E-state index contributed by atoms with van der Waals surface area (Å²) in [7, 11) is 0. The van der Waals surface area contributed by atoms with Crippen LogP contribution in [0, 0.1) is 6.07 Å². The standard InChI is InChI=1S/C23H24N3O2.Y/c27-23(28)16-11-13-21-20(14-16)25-22(26(21)17-7-2-1-3-8-17)19-12-10-15-6-4-5-9-18(15)24-19;/h5-6,9,11,13-14,17,19,24H,1-3,7-8,10,12H2,(H,27,28);/q-1;. The summed E-state index contributed by atoms with van der Waals surface area (Å²) in [6.45, 7) is 0. The van der Waals surface area contributed by atoms with E-state index in [0.717, 1.165) is 48.2 Å². The number of hydrogen-bond donors (Lipinski definition) is 2. The Hall–Kier alpha value is -1.72. The van der Waals surface area contributed by atoms with Crippen molar-refractivity contribution in [3.05, 3.63) is 59.4 Å². The van der Waals surface area contributed by atoms with Crippen LogP contribution in [-0.2, 0) is 39.1 Å². The van der Waals surface area contributed by atoms with Gasteiger partial charge in [0, 0.05) is 38.8 Å². The van der Waals surface area contributed by atoms with Gasteiger partial charge in [0.1, 0.15) is 5.82 Å². The van der Waals surface area contributed by atoms with Crippen molar-refractivity contribution in [1.29, 1.82) is 0 Å². The van der Waals surface area contributed by atoms with Crippen LogP contribution in [-0.4, -0.2) is 20.6 Å². The first-order valence-corrected chi connectivity index (χ1v) is 10.2. The van der Waals surface area contributed by atoms with Crippen LogP contribution >= 0.6 is 0 Å². The second kappa shape index (κ2) is 8.57. The van der Waals surface area contributed by atoms with E-state index in [1.807, 2.05) is 12.1 Å². The first kappa shape index (κ1) is 20.6. The SMILES string of the molecule is O=C(O)c1ccc2c(c1)nc(C1CCc3c[c-]ccc3N1)n2C1CCCCC1.[Y]. The van der Waals surface area contributed by atoms with Crippen LogP contribution in [0.5, 0.6) is 0 Å². The fraction of sp³-hybridized carbons (Fsp3) is 0.391. The molecule has 0 saturated heterocycles. The van der Waals surface area contributed by atoms with E-state index in [0.29, 0.717) is 11.6 Å². The molecule has 6 heteroatoms. The Kier molecular flexibility index (Phi) is 6.07. The maximum absolute atomic E-state index is 11.4. The number of imidazole rings is 1. The summed E-state index contributed by atoms with van der Waals surface area (Å²) in [5, 5.41) is 13.0. The molecule has 1 atom stereocenters. The van der Waals surface area contributed by atoms with E-state index in [-0.39, 0.29) is 38.8 Å². The second-order valence-electron chi connectivity index (χ2n) is 7.96. The van der Waals surface area contributed by atoms with Crippen LogP contribution in [0.1, 0.15) is 72.4 Å². The zero-order valence-corrected chi connectivity index (χ0v) is 19.2. The summed E-state index contributed by atoms with van der Waals surface area (Å²) in [4.78, 5) is 16.4. The smallest absolute Gasteiger partial charge is 0.335 e. The third-order valence-corrected chi connectivity index (χ3v) is 6.20. The number of carbonyl (C=O) groups is 1. The summed E-state index contributed by atoms with van der Waals surface area (Å²) in [6, 6.07) is 15.2. The van der Waals surface area contributed by atoms with E-state index >= 15 is 0 Å². The van der Waals surface area contributed by atoms with Crippen molar-refractivity contribution in [2.75, 3.05) is 5.32 Å². The van der Waals surface area contributed by atoms with Gasteiger partial charge in [-0.2, -0.15) is 18.2 Å². The van der Waals surface area contributed by atoms with Crippen LogP contribution in [0.25, 0.3) is 11.0 Å². The third kappa shape index (κ3) is 3.87. The van der Waals surface area contributed by atoms with Gasteiger partial charge in [0.15, 0.2) is 0 Å². The summed E-state index contributed by atoms with van der Waals surface area (Å²) in [6.07, 6.45) is 8.09. The maximum Gasteiger partial charge on any atom is 0.335 e. The molecule has 1 radical (unpaired) electrons. The largest absolute Gasteiger partial charge is 0.478 e. The molecule has 5 rings (SSSR count). The van der Waals surface area contributed by atoms with Gasteiger partial charge >= 0.3 is 5.97 Å². The summed E-state index contributed by atoms with van der Waals surface area (Å²) in [5.74, 6) is 0.138. The normalized spacial score (nSPS) is 19.2. The van der Waals surface area contributed by atoms with Crippen molar-refractivity contribution in [2.45, 2.75) is 57.0 Å². The Balaban J connectivity index is 0.00000205. The molecule has 1 aliphatic heterocycles. The second-order valence-corrected chi connectivity index (χ2v) is 7.96. The molecule has 0 amide bonds. The molecular weight excluding hydrogens is 439 g/mol. The number of carboxylic acids is 1. The van der Waals surface area contributed by atoms with Crippen molar-refractivity contribution in [2.24, 2.45) is 0 Å². The zero-order chi connectivity index (χ0) is 19.1. The van der Waals surface area contributed by atoms with Gasteiger partial charge in [-0.3, -0.25) is 0 Å². The van der Waals surface area contributed by atoms with Crippen molar-refractivity contribution in [1.82, 2.24) is 9.55 Å². The minimum absolute atomic E-state index is 0. The van der Waals surface area contributed by atoms with E-state index in [9.17, 15) is 9.90 Å². The Morgan fingerprint density at radius 2 is 2.00 bits per heavy atom. The van der Waals surface area contributed by atoms with Crippen molar-refractivity contribution >= 4 is 22.7 Å². The average molecular weight is 463 g/mol. The molecule has 1 fully saturated rings. The predicted octanol–water partition coefficient (Wildman–Crippen LogP) is 5.14. The van der Waals surface area contributed by atoms with Crippen molar-refractivity contribution < 1.29 is 42.6 Å². The number of rotatable bonds is 3. The first-order chi connectivity index (χ1) is 13.7. The molecule has 147 valence electrons. The molecule has 0 bridgehead atoms. The van der Waals surface area contributed by atoms with Gasteiger partial charge in [-0.05, 0) is 37.5 Å². The van der Waals surface area contributed by atoms with Gasteiger partial charge in [-0.1, -0.05) is 31.4 Å². The van der Waals surface area contributed by atoms with Gasteiger partial charge in [-0.15, -0.1) is 11.6 Å². The van der Waals surface area contributed by atoms with Gasteiger partial charge in [0.2, 0.25) is 0 Å². The van der Waals surface area contributed by atoms with Crippen LogP contribution in [0.3, 0.4) is 0 Å². The molecule has 1 aromatic heterocycles. The predicted molar refractivity (Wildman–Crippen MR) is 109 cm³/mol. The Bertz CT molecular complexity index is 1040. The Labute approximate surface area is 195 Å². The Morgan fingerprint density at radius 1 is 1.17 bits per heavy atom. The molecule has 1 unspecified atom stereocenters. The van der Waals surface area contributed by atoms with E-state index < -0.39 is 5.97 Å². The molecule has 2 aromatic carbocycles. The van der Waals surface area contributed by atoms with Gasteiger partial charge in [0.25, 0.3) is 0 Å².